The molecule has 0 aliphatic carbocycles. The molecule has 0 unspecified atom stereocenters. The van der Waals surface area contributed by atoms with Gasteiger partial charge < -0.3 is 14.8 Å². The fourth-order valence-electron chi connectivity index (χ4n) is 2.36. The van der Waals surface area contributed by atoms with Crippen LogP contribution in [0, 0.1) is 17.2 Å². The fourth-order valence-corrected chi connectivity index (χ4v) is 2.36. The molecule has 2 aromatic carbocycles. The Morgan fingerprint density at radius 3 is 2.43 bits per heavy atom. The second-order valence-corrected chi connectivity index (χ2v) is 7.09. The molecule has 1 amide bonds. The molecule has 1 N–H and O–H groups in total. The van der Waals surface area contributed by atoms with Gasteiger partial charge in [-0.25, -0.2) is 0 Å². The summed E-state index contributed by atoms with van der Waals surface area (Å²) in [6.07, 6.45) is 1.59. The molecule has 5 heteroatoms. The molecule has 5 nitrogen and oxygen atoms in total. The van der Waals surface area contributed by atoms with Gasteiger partial charge in [0.25, 0.3) is 5.91 Å². The minimum Gasteiger partial charge on any atom is -0.493 e. The molecule has 0 saturated carbocycles. The molecule has 2 rings (SSSR count). The third kappa shape index (κ3) is 6.81. The van der Waals surface area contributed by atoms with Gasteiger partial charge in [-0.3, -0.25) is 4.79 Å². The van der Waals surface area contributed by atoms with Crippen LogP contribution >= 0.6 is 0 Å². The number of nitrogens with one attached hydrogen (secondary N) is 1. The van der Waals surface area contributed by atoms with E-state index in [-0.39, 0.29) is 11.7 Å². The summed E-state index contributed by atoms with van der Waals surface area (Å²) in [5.74, 6) is 1.39. The van der Waals surface area contributed by atoms with Crippen molar-refractivity contribution in [1.29, 1.82) is 5.26 Å². The van der Waals surface area contributed by atoms with Crippen molar-refractivity contribution in [1.82, 2.24) is 0 Å². The van der Waals surface area contributed by atoms with Crippen molar-refractivity contribution in [2.75, 3.05) is 11.9 Å². The van der Waals surface area contributed by atoms with E-state index in [1.165, 1.54) is 0 Å². The first-order valence-corrected chi connectivity index (χ1v) is 9.30. The maximum Gasteiger partial charge on any atom is 0.266 e. The molecule has 0 aliphatic heterocycles. The lowest BCUT2D eigenvalue weighted by Crippen LogP contribution is -2.13. The Labute approximate surface area is 166 Å². The van der Waals surface area contributed by atoms with Crippen LogP contribution in [-0.2, 0) is 4.79 Å². The van der Waals surface area contributed by atoms with Crippen molar-refractivity contribution in [2.45, 2.75) is 33.8 Å². The molecule has 146 valence electrons. The van der Waals surface area contributed by atoms with E-state index in [9.17, 15) is 10.1 Å². The molecule has 0 atom stereocenters. The quantitative estimate of drug-likeness (QED) is 0.515. The average Bonchev–Trinajstić information content (AvgIpc) is 2.65. The van der Waals surface area contributed by atoms with E-state index in [0.29, 0.717) is 24.0 Å². The summed E-state index contributed by atoms with van der Waals surface area (Å²) < 4.78 is 11.3. The first-order valence-electron chi connectivity index (χ1n) is 9.30. The maximum absolute atomic E-state index is 12.5. The Hall–Kier alpha value is -3.26. The van der Waals surface area contributed by atoms with Crippen LogP contribution in [0.5, 0.6) is 11.5 Å². The lowest BCUT2D eigenvalue weighted by molar-refractivity contribution is -0.112. The van der Waals surface area contributed by atoms with Crippen LogP contribution in [0.3, 0.4) is 0 Å². The van der Waals surface area contributed by atoms with E-state index < -0.39 is 5.91 Å². The molecule has 0 bridgehead atoms. The molecular weight excluding hydrogens is 352 g/mol. The minimum atomic E-state index is -0.468. The van der Waals surface area contributed by atoms with Gasteiger partial charge in [0.15, 0.2) is 0 Å². The first kappa shape index (κ1) is 21.0. The lowest BCUT2D eigenvalue weighted by atomic mass is 10.1. The number of nitriles is 1. The molecule has 28 heavy (non-hydrogen) atoms. The van der Waals surface area contributed by atoms with Gasteiger partial charge in [0.2, 0.25) is 0 Å². The molecule has 0 fully saturated rings. The Bertz CT molecular complexity index is 862. The fraction of sp³-hybridized carbons (Fsp3) is 0.304. The summed E-state index contributed by atoms with van der Waals surface area (Å²) in [6.45, 7) is 8.67. The van der Waals surface area contributed by atoms with Gasteiger partial charge in [-0.15, -0.1) is 0 Å². The average molecular weight is 378 g/mol. The standard InChI is InChI=1S/C23H26N2O3/c1-16(2)15-27-21-10-8-18(9-11-21)12-19(14-24)23(26)25-20-6-5-7-22(13-20)28-17(3)4/h5-13,16-17H,15H2,1-4H3,(H,25,26)/b19-12-. The highest BCUT2D eigenvalue weighted by atomic mass is 16.5. The monoisotopic (exact) mass is 378 g/mol. The number of rotatable bonds is 8. The number of carbonyl (C=O) groups excluding carboxylic acids is 1. The van der Waals surface area contributed by atoms with Crippen molar-refractivity contribution in [3.05, 3.63) is 59.7 Å². The Morgan fingerprint density at radius 2 is 1.82 bits per heavy atom. The highest BCUT2D eigenvalue weighted by Crippen LogP contribution is 2.20. The summed E-state index contributed by atoms with van der Waals surface area (Å²) in [5.41, 5.74) is 1.34. The highest BCUT2D eigenvalue weighted by molar-refractivity contribution is 6.09. The molecule has 0 aliphatic rings. The molecule has 0 spiro atoms. The van der Waals surface area contributed by atoms with E-state index >= 15 is 0 Å². The molecule has 2 aromatic rings. The van der Waals surface area contributed by atoms with Gasteiger partial charge in [0, 0.05) is 11.8 Å². The zero-order valence-corrected chi connectivity index (χ0v) is 16.7. The zero-order chi connectivity index (χ0) is 20.5. The minimum absolute atomic E-state index is 0.0195. The van der Waals surface area contributed by atoms with E-state index in [4.69, 9.17) is 9.47 Å². The predicted octanol–water partition coefficient (Wildman–Crippen LogP) is 5.05. The highest BCUT2D eigenvalue weighted by Gasteiger charge is 2.10. The number of ether oxygens (including phenoxy) is 2. The smallest absolute Gasteiger partial charge is 0.266 e. The van der Waals surface area contributed by atoms with Gasteiger partial charge in [-0.1, -0.05) is 32.0 Å². The normalized spacial score (nSPS) is 11.2. The Kier molecular flexibility index (Phi) is 7.65. The first-order chi connectivity index (χ1) is 13.4. The van der Waals surface area contributed by atoms with Crippen LogP contribution < -0.4 is 14.8 Å². The largest absolute Gasteiger partial charge is 0.493 e. The van der Waals surface area contributed by atoms with Crippen LogP contribution in [0.4, 0.5) is 5.69 Å². The molecule has 0 aromatic heterocycles. The second kappa shape index (κ2) is 10.2. The third-order valence-corrected chi connectivity index (χ3v) is 3.60. The van der Waals surface area contributed by atoms with Gasteiger partial charge in [-0.2, -0.15) is 5.26 Å². The van der Waals surface area contributed by atoms with E-state index in [1.54, 1.807) is 24.3 Å². The maximum atomic E-state index is 12.5. The lowest BCUT2D eigenvalue weighted by Gasteiger charge is -2.11. The van der Waals surface area contributed by atoms with E-state index in [0.717, 1.165) is 11.3 Å². The number of anilines is 1. The number of carbonyl (C=O) groups is 1. The third-order valence-electron chi connectivity index (χ3n) is 3.60. The van der Waals surface area contributed by atoms with Gasteiger partial charge in [-0.05, 0) is 55.7 Å². The van der Waals surface area contributed by atoms with Gasteiger partial charge >= 0.3 is 0 Å². The van der Waals surface area contributed by atoms with Crippen LogP contribution in [0.2, 0.25) is 0 Å². The predicted molar refractivity (Wildman–Crippen MR) is 111 cm³/mol. The second-order valence-electron chi connectivity index (χ2n) is 7.09. The summed E-state index contributed by atoms with van der Waals surface area (Å²) in [6, 6.07) is 16.3. The van der Waals surface area contributed by atoms with Crippen molar-refractivity contribution < 1.29 is 14.3 Å². The number of hydrogen-bond donors (Lipinski definition) is 1. The van der Waals surface area contributed by atoms with Crippen LogP contribution in [0.25, 0.3) is 6.08 Å². The summed E-state index contributed by atoms with van der Waals surface area (Å²) in [7, 11) is 0. The summed E-state index contributed by atoms with van der Waals surface area (Å²) in [4.78, 5) is 12.5. The van der Waals surface area contributed by atoms with Crippen molar-refractivity contribution >= 4 is 17.7 Å². The van der Waals surface area contributed by atoms with Gasteiger partial charge in [0.05, 0.1) is 12.7 Å². The Balaban J connectivity index is 2.07. The SMILES string of the molecule is CC(C)COc1ccc(/C=C(/C#N)C(=O)Nc2cccc(OC(C)C)c2)cc1. The number of hydrogen-bond acceptors (Lipinski definition) is 4. The number of amides is 1. The summed E-state index contributed by atoms with van der Waals surface area (Å²) >= 11 is 0. The van der Waals surface area contributed by atoms with Crippen molar-refractivity contribution in [3.8, 4) is 17.6 Å². The summed E-state index contributed by atoms with van der Waals surface area (Å²) in [5, 5.41) is 12.1. The van der Waals surface area contributed by atoms with E-state index in [1.807, 2.05) is 50.2 Å². The topological polar surface area (TPSA) is 71.3 Å². The van der Waals surface area contributed by atoms with E-state index in [2.05, 4.69) is 19.2 Å². The van der Waals surface area contributed by atoms with Crippen LogP contribution in [0.15, 0.2) is 54.1 Å². The molecular formula is C23H26N2O3. The molecule has 0 radical (unpaired) electrons. The molecule has 0 heterocycles. The van der Waals surface area contributed by atoms with Gasteiger partial charge in [0.1, 0.15) is 23.1 Å². The number of nitrogens with zero attached hydrogens (tertiary/aromatic N) is 1. The Morgan fingerprint density at radius 1 is 1.11 bits per heavy atom. The van der Waals surface area contributed by atoms with Crippen LogP contribution in [0.1, 0.15) is 33.3 Å². The van der Waals surface area contributed by atoms with Crippen molar-refractivity contribution in [2.24, 2.45) is 5.92 Å². The van der Waals surface area contributed by atoms with Crippen LogP contribution in [-0.4, -0.2) is 18.6 Å². The molecule has 0 saturated heterocycles. The number of benzene rings is 2. The zero-order valence-electron chi connectivity index (χ0n) is 16.7. The van der Waals surface area contributed by atoms with Crippen molar-refractivity contribution in [3.63, 3.8) is 0 Å².